The molecule has 1 aliphatic carbocycles. The normalized spacial score (nSPS) is 21.2. The average molecular weight is 393 g/mol. The Kier molecular flexibility index (Phi) is 7.15. The lowest BCUT2D eigenvalue weighted by Crippen LogP contribution is -2.49. The molecule has 1 amide bonds. The highest BCUT2D eigenvalue weighted by Crippen LogP contribution is 2.25. The predicted molar refractivity (Wildman–Crippen MR) is 109 cm³/mol. The molecule has 1 atom stereocenters. The van der Waals surface area contributed by atoms with Gasteiger partial charge in [0.05, 0.1) is 11.6 Å². The van der Waals surface area contributed by atoms with Gasteiger partial charge in [-0.25, -0.2) is 4.98 Å². The SMILES string of the molecule is CN=C(NCC(=O)NC1CCCCC1)NC1CCN(c2ncccc2Cl)C1. The lowest BCUT2D eigenvalue weighted by molar-refractivity contribution is -0.120. The van der Waals surface area contributed by atoms with Gasteiger partial charge in [0.25, 0.3) is 0 Å². The molecule has 0 aromatic carbocycles. The molecule has 2 fully saturated rings. The van der Waals surface area contributed by atoms with E-state index in [4.69, 9.17) is 11.6 Å². The Hall–Kier alpha value is -2.02. The largest absolute Gasteiger partial charge is 0.353 e. The number of nitrogens with zero attached hydrogens (tertiary/aromatic N) is 3. The van der Waals surface area contributed by atoms with Gasteiger partial charge in [-0.2, -0.15) is 0 Å². The molecule has 0 spiro atoms. The molecule has 3 rings (SSSR count). The number of amides is 1. The predicted octanol–water partition coefficient (Wildman–Crippen LogP) is 1.93. The van der Waals surface area contributed by atoms with E-state index < -0.39 is 0 Å². The molecule has 0 bridgehead atoms. The zero-order valence-electron chi connectivity index (χ0n) is 15.9. The number of carbonyl (C=O) groups excluding carboxylic acids is 1. The molecule has 1 saturated heterocycles. The highest BCUT2D eigenvalue weighted by atomic mass is 35.5. The molecule has 1 aromatic heterocycles. The van der Waals surface area contributed by atoms with E-state index in [1.165, 1.54) is 19.3 Å². The summed E-state index contributed by atoms with van der Waals surface area (Å²) in [5, 5.41) is 10.3. The van der Waals surface area contributed by atoms with Gasteiger partial charge in [-0.1, -0.05) is 30.9 Å². The molecule has 2 heterocycles. The highest BCUT2D eigenvalue weighted by Gasteiger charge is 2.25. The number of guanidine groups is 1. The maximum atomic E-state index is 12.2. The number of hydrogen-bond acceptors (Lipinski definition) is 4. The van der Waals surface area contributed by atoms with Crippen molar-refractivity contribution in [1.29, 1.82) is 0 Å². The number of aliphatic imine (C=N–C) groups is 1. The van der Waals surface area contributed by atoms with Crippen LogP contribution in [0.4, 0.5) is 5.82 Å². The second-order valence-electron chi connectivity index (χ2n) is 7.21. The van der Waals surface area contributed by atoms with Crippen molar-refractivity contribution in [2.75, 3.05) is 31.6 Å². The Balaban J connectivity index is 1.42. The van der Waals surface area contributed by atoms with Crippen molar-refractivity contribution < 1.29 is 4.79 Å². The monoisotopic (exact) mass is 392 g/mol. The molecule has 3 N–H and O–H groups in total. The van der Waals surface area contributed by atoms with E-state index in [0.29, 0.717) is 17.0 Å². The summed E-state index contributed by atoms with van der Waals surface area (Å²) in [6.45, 7) is 1.91. The molecule has 148 valence electrons. The first-order valence-electron chi connectivity index (χ1n) is 9.77. The van der Waals surface area contributed by atoms with Crippen LogP contribution in [0.15, 0.2) is 23.3 Å². The molecule has 1 saturated carbocycles. The molecular formula is C19H29ClN6O. The van der Waals surface area contributed by atoms with Crippen molar-refractivity contribution >= 4 is 29.3 Å². The van der Waals surface area contributed by atoms with E-state index in [2.05, 4.69) is 30.8 Å². The summed E-state index contributed by atoms with van der Waals surface area (Å²) in [7, 11) is 1.72. The molecule has 1 unspecified atom stereocenters. The Morgan fingerprint density at radius 3 is 2.81 bits per heavy atom. The standard InChI is InChI=1S/C19H29ClN6O/c1-21-19(23-12-17(27)24-14-6-3-2-4-7-14)25-15-9-11-26(13-15)18-16(20)8-5-10-22-18/h5,8,10,14-15H,2-4,6-7,9,11-13H2,1H3,(H,24,27)(H2,21,23,25). The zero-order chi connectivity index (χ0) is 19.1. The summed E-state index contributed by atoms with van der Waals surface area (Å²) in [6.07, 6.45) is 8.60. The van der Waals surface area contributed by atoms with Crippen LogP contribution in [0.3, 0.4) is 0 Å². The number of nitrogens with one attached hydrogen (secondary N) is 3. The zero-order valence-corrected chi connectivity index (χ0v) is 16.6. The third kappa shape index (κ3) is 5.73. The quantitative estimate of drug-likeness (QED) is 0.527. The lowest BCUT2D eigenvalue weighted by atomic mass is 9.95. The Morgan fingerprint density at radius 1 is 1.26 bits per heavy atom. The topological polar surface area (TPSA) is 81.6 Å². The van der Waals surface area contributed by atoms with E-state index >= 15 is 0 Å². The summed E-state index contributed by atoms with van der Waals surface area (Å²) < 4.78 is 0. The van der Waals surface area contributed by atoms with Crippen LogP contribution in [0.5, 0.6) is 0 Å². The van der Waals surface area contributed by atoms with E-state index in [1.807, 2.05) is 12.1 Å². The van der Waals surface area contributed by atoms with E-state index in [9.17, 15) is 4.79 Å². The summed E-state index contributed by atoms with van der Waals surface area (Å²) in [4.78, 5) is 22.9. The van der Waals surface area contributed by atoms with Crippen LogP contribution in [0.25, 0.3) is 0 Å². The van der Waals surface area contributed by atoms with Crippen LogP contribution < -0.4 is 20.9 Å². The number of carbonyl (C=O) groups is 1. The molecule has 2 aliphatic rings. The molecule has 27 heavy (non-hydrogen) atoms. The number of anilines is 1. The molecule has 1 aliphatic heterocycles. The fourth-order valence-corrected chi connectivity index (χ4v) is 4.00. The first-order valence-corrected chi connectivity index (χ1v) is 10.2. The van der Waals surface area contributed by atoms with Gasteiger partial charge in [0, 0.05) is 38.4 Å². The first kappa shape index (κ1) is 19.7. The van der Waals surface area contributed by atoms with Crippen LogP contribution in [0.2, 0.25) is 5.02 Å². The van der Waals surface area contributed by atoms with E-state index in [-0.39, 0.29) is 18.5 Å². The second kappa shape index (κ2) is 9.78. The van der Waals surface area contributed by atoms with Gasteiger partial charge < -0.3 is 20.9 Å². The number of hydrogen-bond donors (Lipinski definition) is 3. The summed E-state index contributed by atoms with van der Waals surface area (Å²) >= 11 is 6.24. The summed E-state index contributed by atoms with van der Waals surface area (Å²) in [5.74, 6) is 1.49. The minimum atomic E-state index is 0.0261. The first-order chi connectivity index (χ1) is 13.2. The third-order valence-corrected chi connectivity index (χ3v) is 5.47. The summed E-state index contributed by atoms with van der Waals surface area (Å²) in [5.41, 5.74) is 0. The van der Waals surface area contributed by atoms with Crippen LogP contribution in [0.1, 0.15) is 38.5 Å². The number of halogens is 1. The molecule has 7 nitrogen and oxygen atoms in total. The average Bonchev–Trinajstić information content (AvgIpc) is 3.14. The van der Waals surface area contributed by atoms with Crippen molar-refractivity contribution in [2.45, 2.75) is 50.6 Å². The van der Waals surface area contributed by atoms with E-state index in [0.717, 1.165) is 38.2 Å². The van der Waals surface area contributed by atoms with Gasteiger partial charge in [0.1, 0.15) is 5.82 Å². The van der Waals surface area contributed by atoms with Gasteiger partial charge in [-0.05, 0) is 31.4 Å². The lowest BCUT2D eigenvalue weighted by Gasteiger charge is -2.23. The number of pyridine rings is 1. The van der Waals surface area contributed by atoms with Crippen molar-refractivity contribution in [1.82, 2.24) is 20.9 Å². The highest BCUT2D eigenvalue weighted by molar-refractivity contribution is 6.32. The van der Waals surface area contributed by atoms with Crippen molar-refractivity contribution in [2.24, 2.45) is 4.99 Å². The molecule has 0 radical (unpaired) electrons. The Labute approximate surface area is 166 Å². The second-order valence-corrected chi connectivity index (χ2v) is 7.62. The van der Waals surface area contributed by atoms with Crippen LogP contribution in [-0.4, -0.2) is 55.6 Å². The Bertz CT molecular complexity index is 661. The smallest absolute Gasteiger partial charge is 0.239 e. The van der Waals surface area contributed by atoms with Crippen molar-refractivity contribution in [3.8, 4) is 0 Å². The molecule has 8 heteroatoms. The summed E-state index contributed by atoms with van der Waals surface area (Å²) in [6, 6.07) is 4.25. The fourth-order valence-electron chi connectivity index (χ4n) is 3.76. The van der Waals surface area contributed by atoms with Gasteiger partial charge in [-0.3, -0.25) is 9.79 Å². The van der Waals surface area contributed by atoms with Crippen LogP contribution >= 0.6 is 11.6 Å². The van der Waals surface area contributed by atoms with Gasteiger partial charge in [0.2, 0.25) is 5.91 Å². The van der Waals surface area contributed by atoms with Gasteiger partial charge >= 0.3 is 0 Å². The van der Waals surface area contributed by atoms with Crippen LogP contribution in [-0.2, 0) is 4.79 Å². The van der Waals surface area contributed by atoms with Crippen LogP contribution in [0, 0.1) is 0 Å². The minimum Gasteiger partial charge on any atom is -0.353 e. The number of rotatable bonds is 5. The van der Waals surface area contributed by atoms with Gasteiger partial charge in [-0.15, -0.1) is 0 Å². The third-order valence-electron chi connectivity index (χ3n) is 5.18. The van der Waals surface area contributed by atoms with Gasteiger partial charge in [0.15, 0.2) is 5.96 Å². The van der Waals surface area contributed by atoms with Crippen molar-refractivity contribution in [3.63, 3.8) is 0 Å². The van der Waals surface area contributed by atoms with Crippen molar-refractivity contribution in [3.05, 3.63) is 23.4 Å². The van der Waals surface area contributed by atoms with E-state index in [1.54, 1.807) is 13.2 Å². The minimum absolute atomic E-state index is 0.0261. The maximum Gasteiger partial charge on any atom is 0.239 e. The Morgan fingerprint density at radius 2 is 2.07 bits per heavy atom. The molecular weight excluding hydrogens is 364 g/mol. The fraction of sp³-hybridized carbons (Fsp3) is 0.632. The molecule has 1 aromatic rings. The maximum absolute atomic E-state index is 12.2. The number of aromatic nitrogens is 1.